The van der Waals surface area contributed by atoms with Gasteiger partial charge in [-0.1, -0.05) is 32.4 Å². The van der Waals surface area contributed by atoms with E-state index in [4.69, 9.17) is 0 Å². The number of nitrogens with one attached hydrogen (secondary N) is 1. The first-order valence-electron chi connectivity index (χ1n) is 7.13. The summed E-state index contributed by atoms with van der Waals surface area (Å²) in [6, 6.07) is 7.40. The maximum absolute atomic E-state index is 3.37. The minimum absolute atomic E-state index is 0.605. The number of aryl methyl sites for hydroxylation is 1. The number of rotatable bonds is 7. The van der Waals surface area contributed by atoms with Crippen molar-refractivity contribution >= 4 is 5.69 Å². The van der Waals surface area contributed by atoms with Crippen LogP contribution in [0.3, 0.4) is 0 Å². The molecule has 102 valence electrons. The molecule has 0 aromatic heterocycles. The first-order chi connectivity index (χ1) is 8.60. The van der Waals surface area contributed by atoms with Gasteiger partial charge in [0.05, 0.1) is 0 Å². The Labute approximate surface area is 112 Å². The molecule has 1 rings (SSSR count). The molecule has 1 aromatic carbocycles. The van der Waals surface area contributed by atoms with Gasteiger partial charge in [-0.2, -0.15) is 0 Å². The molecular formula is C16H28N2. The molecule has 18 heavy (non-hydrogen) atoms. The van der Waals surface area contributed by atoms with Gasteiger partial charge in [0.1, 0.15) is 0 Å². The number of hydrogen-bond acceptors (Lipinski definition) is 2. The van der Waals surface area contributed by atoms with Gasteiger partial charge in [-0.15, -0.1) is 0 Å². The maximum Gasteiger partial charge on any atom is 0.0395 e. The quantitative estimate of drug-likeness (QED) is 0.791. The van der Waals surface area contributed by atoms with Gasteiger partial charge in [0.15, 0.2) is 0 Å². The fraction of sp³-hybridized carbons (Fsp3) is 0.625. The normalized spacial score (nSPS) is 12.5. The highest BCUT2D eigenvalue weighted by atomic mass is 15.1. The molecule has 0 saturated heterocycles. The highest BCUT2D eigenvalue weighted by Gasteiger charge is 2.11. The summed E-state index contributed by atoms with van der Waals surface area (Å²) < 4.78 is 0. The van der Waals surface area contributed by atoms with E-state index in [0.29, 0.717) is 6.04 Å². The van der Waals surface area contributed by atoms with Gasteiger partial charge in [0, 0.05) is 25.3 Å². The topological polar surface area (TPSA) is 15.3 Å². The van der Waals surface area contributed by atoms with Crippen LogP contribution in [0.25, 0.3) is 0 Å². The lowest BCUT2D eigenvalue weighted by molar-refractivity contribution is 0.615. The van der Waals surface area contributed by atoms with E-state index in [0.717, 1.165) is 13.1 Å². The Balaban J connectivity index is 2.78. The zero-order valence-electron chi connectivity index (χ0n) is 12.6. The van der Waals surface area contributed by atoms with Crippen molar-refractivity contribution in [1.82, 2.24) is 5.32 Å². The lowest BCUT2D eigenvalue weighted by atomic mass is 10.1. The van der Waals surface area contributed by atoms with Gasteiger partial charge in [0.25, 0.3) is 0 Å². The summed E-state index contributed by atoms with van der Waals surface area (Å²) >= 11 is 0. The monoisotopic (exact) mass is 248 g/mol. The van der Waals surface area contributed by atoms with E-state index in [1.54, 1.807) is 0 Å². The third-order valence-corrected chi connectivity index (χ3v) is 3.59. The lowest BCUT2D eigenvalue weighted by Gasteiger charge is -2.28. The molecule has 0 aliphatic heterocycles. The van der Waals surface area contributed by atoms with Crippen LogP contribution in [0.5, 0.6) is 0 Å². The summed E-state index contributed by atoms with van der Waals surface area (Å²) in [4.78, 5) is 2.40. The molecule has 0 bridgehead atoms. The van der Waals surface area contributed by atoms with Gasteiger partial charge < -0.3 is 10.2 Å². The zero-order valence-corrected chi connectivity index (χ0v) is 12.6. The van der Waals surface area contributed by atoms with Gasteiger partial charge in [0.2, 0.25) is 0 Å². The van der Waals surface area contributed by atoms with E-state index >= 15 is 0 Å². The Morgan fingerprint density at radius 3 is 2.56 bits per heavy atom. The average molecular weight is 248 g/mol. The Morgan fingerprint density at radius 1 is 1.28 bits per heavy atom. The summed E-state index contributed by atoms with van der Waals surface area (Å²) in [5.74, 6) is 0. The van der Waals surface area contributed by atoms with Crippen molar-refractivity contribution in [3.05, 3.63) is 29.3 Å². The molecule has 0 spiro atoms. The fourth-order valence-electron chi connectivity index (χ4n) is 2.34. The largest absolute Gasteiger partial charge is 0.372 e. The van der Waals surface area contributed by atoms with Crippen molar-refractivity contribution in [1.29, 1.82) is 0 Å². The Hall–Kier alpha value is -1.02. The van der Waals surface area contributed by atoms with E-state index < -0.39 is 0 Å². The molecule has 1 aromatic rings. The Kier molecular flexibility index (Phi) is 6.20. The summed E-state index contributed by atoms with van der Waals surface area (Å²) in [5.41, 5.74) is 4.10. The van der Waals surface area contributed by atoms with Crippen LogP contribution in [0.2, 0.25) is 0 Å². The minimum Gasteiger partial charge on any atom is -0.372 e. The Bertz CT molecular complexity index is 360. The zero-order chi connectivity index (χ0) is 13.5. The SMILES string of the molecule is CCCC(C)N(C)c1ccc(CNCC)cc1C. The van der Waals surface area contributed by atoms with Crippen LogP contribution in [0.4, 0.5) is 5.69 Å². The predicted octanol–water partition coefficient (Wildman–Crippen LogP) is 3.73. The van der Waals surface area contributed by atoms with Gasteiger partial charge in [-0.05, 0) is 44.0 Å². The van der Waals surface area contributed by atoms with Crippen LogP contribution in [0.15, 0.2) is 18.2 Å². The summed E-state index contributed by atoms with van der Waals surface area (Å²) in [7, 11) is 2.20. The molecule has 2 heteroatoms. The standard InChI is InChI=1S/C16H28N2/c1-6-8-14(4)18(5)16-10-9-15(11-13(16)3)12-17-7-2/h9-11,14,17H,6-8,12H2,1-5H3. The number of benzene rings is 1. The minimum atomic E-state index is 0.605. The number of nitrogens with zero attached hydrogens (tertiary/aromatic N) is 1. The van der Waals surface area contributed by atoms with E-state index in [1.807, 2.05) is 0 Å². The molecule has 0 fully saturated rings. The fourth-order valence-corrected chi connectivity index (χ4v) is 2.34. The van der Waals surface area contributed by atoms with E-state index in [2.05, 4.69) is 63.2 Å². The first kappa shape index (κ1) is 15.0. The Morgan fingerprint density at radius 2 is 2.00 bits per heavy atom. The molecule has 0 heterocycles. The van der Waals surface area contributed by atoms with Crippen LogP contribution in [-0.2, 0) is 6.54 Å². The second kappa shape index (κ2) is 7.42. The van der Waals surface area contributed by atoms with Crippen LogP contribution in [-0.4, -0.2) is 19.6 Å². The van der Waals surface area contributed by atoms with Crippen molar-refractivity contribution in [2.75, 3.05) is 18.5 Å². The van der Waals surface area contributed by atoms with Crippen molar-refractivity contribution in [2.24, 2.45) is 0 Å². The third-order valence-electron chi connectivity index (χ3n) is 3.59. The molecule has 0 amide bonds. The van der Waals surface area contributed by atoms with Gasteiger partial charge in [-0.25, -0.2) is 0 Å². The smallest absolute Gasteiger partial charge is 0.0395 e. The third kappa shape index (κ3) is 4.02. The molecule has 0 aliphatic carbocycles. The van der Waals surface area contributed by atoms with Crippen molar-refractivity contribution in [2.45, 2.75) is 53.1 Å². The van der Waals surface area contributed by atoms with E-state index in [9.17, 15) is 0 Å². The van der Waals surface area contributed by atoms with Crippen molar-refractivity contribution in [3.63, 3.8) is 0 Å². The summed E-state index contributed by atoms with van der Waals surface area (Å²) in [5, 5.41) is 3.37. The molecular weight excluding hydrogens is 220 g/mol. The number of anilines is 1. The molecule has 1 unspecified atom stereocenters. The molecule has 0 saturated carbocycles. The highest BCUT2D eigenvalue weighted by molar-refractivity contribution is 5.54. The van der Waals surface area contributed by atoms with Gasteiger partial charge >= 0.3 is 0 Å². The average Bonchev–Trinajstić information content (AvgIpc) is 2.36. The van der Waals surface area contributed by atoms with E-state index in [1.165, 1.54) is 29.7 Å². The van der Waals surface area contributed by atoms with Crippen LogP contribution in [0, 0.1) is 6.92 Å². The van der Waals surface area contributed by atoms with Crippen LogP contribution < -0.4 is 10.2 Å². The second-order valence-electron chi connectivity index (χ2n) is 5.15. The van der Waals surface area contributed by atoms with Gasteiger partial charge in [-0.3, -0.25) is 0 Å². The van der Waals surface area contributed by atoms with Crippen molar-refractivity contribution in [3.8, 4) is 0 Å². The van der Waals surface area contributed by atoms with Crippen LogP contribution >= 0.6 is 0 Å². The molecule has 1 N–H and O–H groups in total. The van der Waals surface area contributed by atoms with Crippen molar-refractivity contribution < 1.29 is 0 Å². The molecule has 2 nitrogen and oxygen atoms in total. The molecule has 0 aliphatic rings. The maximum atomic E-state index is 3.37. The predicted molar refractivity (Wildman–Crippen MR) is 81.3 cm³/mol. The van der Waals surface area contributed by atoms with Crippen LogP contribution in [0.1, 0.15) is 44.7 Å². The number of hydrogen-bond donors (Lipinski definition) is 1. The molecule has 0 radical (unpaired) electrons. The first-order valence-corrected chi connectivity index (χ1v) is 7.13. The lowest BCUT2D eigenvalue weighted by Crippen LogP contribution is -2.29. The summed E-state index contributed by atoms with van der Waals surface area (Å²) in [6.07, 6.45) is 2.48. The highest BCUT2D eigenvalue weighted by Crippen LogP contribution is 2.23. The van der Waals surface area contributed by atoms with E-state index in [-0.39, 0.29) is 0 Å². The summed E-state index contributed by atoms with van der Waals surface area (Å²) in [6.45, 7) is 10.9. The molecule has 1 atom stereocenters. The second-order valence-corrected chi connectivity index (χ2v) is 5.15.